The molecule has 1 heterocycles. The van der Waals surface area contributed by atoms with E-state index in [-0.39, 0.29) is 30.7 Å². The number of halogens is 2. The number of carboxylic acids is 1. The Hall–Kier alpha value is -4.49. The van der Waals surface area contributed by atoms with Gasteiger partial charge in [-0.05, 0) is 72.0 Å². The number of benzene rings is 3. The van der Waals surface area contributed by atoms with Gasteiger partial charge in [-0.3, -0.25) is 14.4 Å². The molecule has 3 amide bonds. The van der Waals surface area contributed by atoms with E-state index in [1.165, 1.54) is 60.3 Å². The standard InChI is InChI=1S/C35H37F2N3O7S/c36-24-9-5-22(6-10-24)29(41)20-48-33-32(40(34(33)44)26-13-11-25(37)12-14-26)23-7-15-27(16-8-23)47-19-31(43)38-18-30(42)39-28(35(45)46)17-21-3-1-2-4-21/h5-16,21,28-29,32-33,41H,1-4,17-20H2,(H,38,43)(H,39,42)(H,45,46)/t28-,29?,32-,33-/m1/s1. The number of ether oxygens (including phenoxy) is 1. The highest BCUT2D eigenvalue weighted by atomic mass is 32.2. The van der Waals surface area contributed by atoms with Crippen molar-refractivity contribution in [2.75, 3.05) is 23.8 Å². The second-order valence-corrected chi connectivity index (χ2v) is 13.1. The highest BCUT2D eigenvalue weighted by Gasteiger charge is 2.49. The molecule has 0 radical (unpaired) electrons. The number of aliphatic hydroxyl groups is 1. The first-order valence-electron chi connectivity index (χ1n) is 15.7. The lowest BCUT2D eigenvalue weighted by Gasteiger charge is -2.47. The van der Waals surface area contributed by atoms with Gasteiger partial charge in [0.1, 0.15) is 28.7 Å². The number of carboxylic acid groups (broad SMARTS) is 1. The number of β-lactam (4-membered cyclic amide) rings is 1. The average molecular weight is 682 g/mol. The van der Waals surface area contributed by atoms with Crippen molar-refractivity contribution in [2.45, 2.75) is 55.5 Å². The van der Waals surface area contributed by atoms with Gasteiger partial charge in [0.2, 0.25) is 11.8 Å². The number of rotatable bonds is 15. The van der Waals surface area contributed by atoms with E-state index in [1.54, 1.807) is 29.2 Å². The zero-order valence-electron chi connectivity index (χ0n) is 26.0. The normalized spacial score (nSPS) is 18.9. The molecule has 1 saturated heterocycles. The highest BCUT2D eigenvalue weighted by Crippen LogP contribution is 2.46. The van der Waals surface area contributed by atoms with Gasteiger partial charge in [-0.2, -0.15) is 0 Å². The van der Waals surface area contributed by atoms with Crippen molar-refractivity contribution in [2.24, 2.45) is 5.92 Å². The van der Waals surface area contributed by atoms with Gasteiger partial charge in [0, 0.05) is 11.4 Å². The Kier molecular flexibility index (Phi) is 11.7. The van der Waals surface area contributed by atoms with Crippen LogP contribution in [0.2, 0.25) is 0 Å². The van der Waals surface area contributed by atoms with Crippen LogP contribution in [0.5, 0.6) is 5.75 Å². The fourth-order valence-electron chi connectivity index (χ4n) is 6.00. The van der Waals surface area contributed by atoms with E-state index < -0.39 is 52.9 Å². The summed E-state index contributed by atoms with van der Waals surface area (Å²) in [7, 11) is 0. The van der Waals surface area contributed by atoms with Crippen molar-refractivity contribution in [1.82, 2.24) is 10.6 Å². The Morgan fingerprint density at radius 3 is 2.17 bits per heavy atom. The Morgan fingerprint density at radius 1 is 0.917 bits per heavy atom. The van der Waals surface area contributed by atoms with Crippen LogP contribution < -0.4 is 20.3 Å². The summed E-state index contributed by atoms with van der Waals surface area (Å²) in [6.07, 6.45) is 3.45. The number of hydrogen-bond acceptors (Lipinski definition) is 7. The van der Waals surface area contributed by atoms with Gasteiger partial charge < -0.3 is 30.5 Å². The van der Waals surface area contributed by atoms with Crippen LogP contribution in [0.3, 0.4) is 0 Å². The summed E-state index contributed by atoms with van der Waals surface area (Å²) in [6, 6.07) is 16.4. The van der Waals surface area contributed by atoms with Crippen molar-refractivity contribution >= 4 is 41.1 Å². The molecule has 0 aromatic heterocycles. The zero-order chi connectivity index (χ0) is 34.2. The van der Waals surface area contributed by atoms with Crippen LogP contribution >= 0.6 is 11.8 Å². The van der Waals surface area contributed by atoms with E-state index in [0.717, 1.165) is 31.2 Å². The number of amides is 3. The monoisotopic (exact) mass is 681 g/mol. The fraction of sp³-hybridized carbons (Fsp3) is 0.371. The molecule has 3 aromatic rings. The van der Waals surface area contributed by atoms with Crippen molar-refractivity contribution in [3.05, 3.63) is 95.6 Å². The van der Waals surface area contributed by atoms with E-state index in [2.05, 4.69) is 10.6 Å². The van der Waals surface area contributed by atoms with E-state index in [9.17, 15) is 38.2 Å². The first-order chi connectivity index (χ1) is 23.1. The van der Waals surface area contributed by atoms with Crippen LogP contribution in [-0.4, -0.2) is 64.1 Å². The lowest BCUT2D eigenvalue weighted by molar-refractivity contribution is -0.142. The third kappa shape index (κ3) is 8.90. The first kappa shape index (κ1) is 34.8. The van der Waals surface area contributed by atoms with Crippen molar-refractivity contribution in [1.29, 1.82) is 0 Å². The summed E-state index contributed by atoms with van der Waals surface area (Å²) < 4.78 is 32.5. The maximum absolute atomic E-state index is 13.6. The van der Waals surface area contributed by atoms with Gasteiger partial charge in [0.05, 0.1) is 18.7 Å². The van der Waals surface area contributed by atoms with Crippen LogP contribution in [-0.2, 0) is 19.2 Å². The number of hydrogen-bond donors (Lipinski definition) is 4. The molecule has 1 aliphatic heterocycles. The van der Waals surface area contributed by atoms with E-state index in [1.807, 2.05) is 0 Å². The molecule has 1 unspecified atom stereocenters. The first-order valence-corrected chi connectivity index (χ1v) is 16.8. The molecule has 4 atom stereocenters. The predicted molar refractivity (Wildman–Crippen MR) is 175 cm³/mol. The van der Waals surface area contributed by atoms with Crippen molar-refractivity contribution in [3.63, 3.8) is 0 Å². The highest BCUT2D eigenvalue weighted by molar-refractivity contribution is 8.00. The molecule has 5 rings (SSSR count). The minimum absolute atomic E-state index is 0.182. The molecule has 2 fully saturated rings. The van der Waals surface area contributed by atoms with Crippen molar-refractivity contribution in [3.8, 4) is 5.75 Å². The quantitative estimate of drug-likeness (QED) is 0.171. The smallest absolute Gasteiger partial charge is 0.326 e. The molecule has 0 spiro atoms. The van der Waals surface area contributed by atoms with E-state index >= 15 is 0 Å². The molecule has 48 heavy (non-hydrogen) atoms. The van der Waals surface area contributed by atoms with Gasteiger partial charge in [-0.25, -0.2) is 13.6 Å². The minimum atomic E-state index is -1.10. The maximum Gasteiger partial charge on any atom is 0.326 e. The van der Waals surface area contributed by atoms with Gasteiger partial charge >= 0.3 is 5.97 Å². The van der Waals surface area contributed by atoms with Crippen LogP contribution in [0.15, 0.2) is 72.8 Å². The summed E-state index contributed by atoms with van der Waals surface area (Å²) >= 11 is 1.26. The van der Waals surface area contributed by atoms with Crippen LogP contribution in [0.4, 0.5) is 14.5 Å². The Bertz CT molecular complexity index is 1590. The third-order valence-corrected chi connectivity index (χ3v) is 9.88. The van der Waals surface area contributed by atoms with Crippen LogP contribution in [0, 0.1) is 17.6 Å². The second kappa shape index (κ2) is 16.1. The molecular formula is C35H37F2N3O7S. The Labute approximate surface area is 280 Å². The molecule has 2 aliphatic rings. The van der Waals surface area contributed by atoms with Crippen LogP contribution in [0.25, 0.3) is 0 Å². The minimum Gasteiger partial charge on any atom is -0.484 e. The summed E-state index contributed by atoms with van der Waals surface area (Å²) in [5, 5.41) is 24.5. The maximum atomic E-state index is 13.6. The topological polar surface area (TPSA) is 145 Å². The Morgan fingerprint density at radius 2 is 1.54 bits per heavy atom. The number of aliphatic hydroxyl groups excluding tert-OH is 1. The SMILES string of the molecule is O=C(COc1ccc([C@@H]2[C@@H](SCC(O)c3ccc(F)cc3)C(=O)N2c2ccc(F)cc2)cc1)NCC(=O)N[C@H](CC1CCCC1)C(=O)O. The average Bonchev–Trinajstić information content (AvgIpc) is 3.59. The number of thioether (sulfide) groups is 1. The number of anilines is 1. The predicted octanol–water partition coefficient (Wildman–Crippen LogP) is 4.53. The molecule has 13 heteroatoms. The van der Waals surface area contributed by atoms with E-state index in [0.29, 0.717) is 23.4 Å². The summed E-state index contributed by atoms with van der Waals surface area (Å²) in [6.45, 7) is -0.778. The van der Waals surface area contributed by atoms with Crippen LogP contribution in [0.1, 0.15) is 55.4 Å². The number of nitrogens with zero attached hydrogens (tertiary/aromatic N) is 1. The summed E-state index contributed by atoms with van der Waals surface area (Å²) in [4.78, 5) is 51.1. The lowest BCUT2D eigenvalue weighted by atomic mass is 9.92. The third-order valence-electron chi connectivity index (χ3n) is 8.55. The van der Waals surface area contributed by atoms with Gasteiger partial charge in [0.15, 0.2) is 6.61 Å². The van der Waals surface area contributed by atoms with Crippen molar-refractivity contribution < 1.29 is 42.9 Å². The molecule has 3 aromatic carbocycles. The number of carbonyl (C=O) groups is 4. The molecule has 4 N–H and O–H groups in total. The van der Waals surface area contributed by atoms with Gasteiger partial charge in [-0.1, -0.05) is 49.9 Å². The molecule has 0 bridgehead atoms. The summed E-state index contributed by atoms with van der Waals surface area (Å²) in [5.41, 5.74) is 1.78. The Balaban J connectivity index is 1.16. The molecule has 254 valence electrons. The number of carbonyl (C=O) groups excluding carboxylic acids is 3. The molecule has 1 saturated carbocycles. The molecule has 1 aliphatic carbocycles. The molecule has 10 nitrogen and oxygen atoms in total. The fourth-order valence-corrected chi connectivity index (χ4v) is 7.30. The number of nitrogens with one attached hydrogen (secondary N) is 2. The summed E-state index contributed by atoms with van der Waals surface area (Å²) in [5.74, 6) is -2.54. The van der Waals surface area contributed by atoms with Gasteiger partial charge in [0.25, 0.3) is 5.91 Å². The second-order valence-electron chi connectivity index (χ2n) is 11.9. The lowest BCUT2D eigenvalue weighted by Crippen LogP contribution is -2.57. The zero-order valence-corrected chi connectivity index (χ0v) is 26.8. The van der Waals surface area contributed by atoms with Gasteiger partial charge in [-0.15, -0.1) is 11.8 Å². The largest absolute Gasteiger partial charge is 0.484 e. The van der Waals surface area contributed by atoms with E-state index in [4.69, 9.17) is 4.74 Å². The number of aliphatic carboxylic acids is 1. The molecular weight excluding hydrogens is 644 g/mol.